The molecule has 0 unspecified atom stereocenters. The van der Waals surface area contributed by atoms with E-state index < -0.39 is 11.9 Å². The van der Waals surface area contributed by atoms with E-state index in [1.807, 2.05) is 36.4 Å². The molecule has 5 nitrogen and oxygen atoms in total. The molecule has 1 fully saturated rings. The van der Waals surface area contributed by atoms with Crippen molar-refractivity contribution in [2.75, 3.05) is 27.3 Å². The van der Waals surface area contributed by atoms with Gasteiger partial charge in [-0.05, 0) is 17.2 Å². The highest BCUT2D eigenvalue weighted by molar-refractivity contribution is 5.72. The third kappa shape index (κ3) is 3.77. The number of nitrogens with zero attached hydrogens (tertiary/aromatic N) is 1. The van der Waals surface area contributed by atoms with E-state index in [1.54, 1.807) is 14.2 Å². The molecule has 0 saturated carbocycles. The largest absolute Gasteiger partial charge is 0.497 e. The van der Waals surface area contributed by atoms with Crippen molar-refractivity contribution in [1.29, 1.82) is 0 Å². The molecule has 2 aromatic carbocycles. The summed E-state index contributed by atoms with van der Waals surface area (Å²) in [4.78, 5) is 14.0. The number of hydrogen-bond acceptors (Lipinski definition) is 4. The maximum absolute atomic E-state index is 11.8. The van der Waals surface area contributed by atoms with Gasteiger partial charge in [0.1, 0.15) is 11.5 Å². The van der Waals surface area contributed by atoms with E-state index in [9.17, 15) is 9.90 Å². The average Bonchev–Trinajstić information content (AvgIpc) is 3.05. The predicted molar refractivity (Wildman–Crippen MR) is 95.1 cm³/mol. The van der Waals surface area contributed by atoms with E-state index >= 15 is 0 Å². The van der Waals surface area contributed by atoms with Crippen molar-refractivity contribution in [2.45, 2.75) is 12.5 Å². The SMILES string of the molecule is COc1ccc([C@@H]2CN(Cc3ccccc3)C[C@H]2C(=O)O)c(OC)c1. The molecule has 3 rings (SSSR count). The first-order valence-electron chi connectivity index (χ1n) is 8.33. The normalized spacial score (nSPS) is 20.4. The Morgan fingerprint density at radius 3 is 2.52 bits per heavy atom. The molecule has 0 aromatic heterocycles. The second-order valence-corrected chi connectivity index (χ2v) is 6.34. The monoisotopic (exact) mass is 341 g/mol. The van der Waals surface area contributed by atoms with E-state index in [4.69, 9.17) is 9.47 Å². The van der Waals surface area contributed by atoms with Crippen LogP contribution in [0.4, 0.5) is 0 Å². The molecule has 25 heavy (non-hydrogen) atoms. The number of aliphatic carboxylic acids is 1. The molecule has 5 heteroatoms. The van der Waals surface area contributed by atoms with Gasteiger partial charge in [-0.3, -0.25) is 9.69 Å². The van der Waals surface area contributed by atoms with E-state index in [0.29, 0.717) is 24.6 Å². The van der Waals surface area contributed by atoms with Crippen LogP contribution in [0.1, 0.15) is 17.0 Å². The molecule has 0 bridgehead atoms. The number of methoxy groups -OCH3 is 2. The maximum Gasteiger partial charge on any atom is 0.308 e. The Morgan fingerprint density at radius 1 is 1.12 bits per heavy atom. The number of carbonyl (C=O) groups is 1. The van der Waals surface area contributed by atoms with Crippen LogP contribution in [-0.4, -0.2) is 43.3 Å². The topological polar surface area (TPSA) is 59.0 Å². The number of ether oxygens (including phenoxy) is 2. The average molecular weight is 341 g/mol. The van der Waals surface area contributed by atoms with Crippen molar-refractivity contribution < 1.29 is 19.4 Å². The summed E-state index contributed by atoms with van der Waals surface area (Å²) >= 11 is 0. The third-order valence-electron chi connectivity index (χ3n) is 4.80. The zero-order chi connectivity index (χ0) is 17.8. The molecule has 132 valence electrons. The van der Waals surface area contributed by atoms with E-state index in [1.165, 1.54) is 5.56 Å². The molecule has 0 radical (unpaired) electrons. The standard InChI is InChI=1S/C20H23NO4/c1-24-15-8-9-16(19(10-15)25-2)17-12-21(13-18(17)20(22)23)11-14-6-4-3-5-7-14/h3-10,17-18H,11-13H2,1-2H3,(H,22,23)/t17-,18+/m0/s1. The van der Waals surface area contributed by atoms with Crippen LogP contribution in [0, 0.1) is 5.92 Å². The zero-order valence-corrected chi connectivity index (χ0v) is 14.5. The van der Waals surface area contributed by atoms with Crippen molar-refractivity contribution in [3.8, 4) is 11.5 Å². The number of carboxylic acids is 1. The molecule has 1 aliphatic heterocycles. The summed E-state index contributed by atoms with van der Waals surface area (Å²) in [6.45, 7) is 1.97. The van der Waals surface area contributed by atoms with E-state index in [2.05, 4.69) is 17.0 Å². The van der Waals surface area contributed by atoms with Gasteiger partial charge in [0.15, 0.2) is 0 Å². The molecule has 0 spiro atoms. The molecular weight excluding hydrogens is 318 g/mol. The summed E-state index contributed by atoms with van der Waals surface area (Å²) in [5.41, 5.74) is 2.11. The molecule has 1 saturated heterocycles. The van der Waals surface area contributed by atoms with Crippen LogP contribution in [0.5, 0.6) is 11.5 Å². The highest BCUT2D eigenvalue weighted by atomic mass is 16.5. The van der Waals surface area contributed by atoms with Crippen LogP contribution in [-0.2, 0) is 11.3 Å². The van der Waals surface area contributed by atoms with Crippen LogP contribution in [0.25, 0.3) is 0 Å². The van der Waals surface area contributed by atoms with Gasteiger partial charge in [-0.1, -0.05) is 36.4 Å². The number of likely N-dealkylation sites (tertiary alicyclic amines) is 1. The minimum atomic E-state index is -0.765. The Balaban J connectivity index is 1.85. The molecule has 2 aromatic rings. The van der Waals surface area contributed by atoms with Gasteiger partial charge in [0.25, 0.3) is 0 Å². The first kappa shape index (κ1) is 17.3. The van der Waals surface area contributed by atoms with Crippen molar-refractivity contribution in [1.82, 2.24) is 4.90 Å². The van der Waals surface area contributed by atoms with Crippen LogP contribution in [0.15, 0.2) is 48.5 Å². The second kappa shape index (κ2) is 7.57. The fourth-order valence-electron chi connectivity index (χ4n) is 3.55. The fourth-order valence-corrected chi connectivity index (χ4v) is 3.55. The van der Waals surface area contributed by atoms with E-state index in [0.717, 1.165) is 12.1 Å². The molecule has 0 aliphatic carbocycles. The van der Waals surface area contributed by atoms with Crippen LogP contribution >= 0.6 is 0 Å². The summed E-state index contributed by atoms with van der Waals surface area (Å²) in [5, 5.41) is 9.70. The second-order valence-electron chi connectivity index (χ2n) is 6.34. The summed E-state index contributed by atoms with van der Waals surface area (Å²) in [6, 6.07) is 15.7. The van der Waals surface area contributed by atoms with Crippen molar-refractivity contribution in [3.05, 3.63) is 59.7 Å². The molecule has 0 amide bonds. The first-order valence-corrected chi connectivity index (χ1v) is 8.33. The highest BCUT2D eigenvalue weighted by Crippen LogP contribution is 2.39. The van der Waals surface area contributed by atoms with Gasteiger partial charge in [0.05, 0.1) is 20.1 Å². The number of rotatable bonds is 6. The molecule has 1 N–H and O–H groups in total. The molecule has 2 atom stereocenters. The van der Waals surface area contributed by atoms with Gasteiger partial charge in [0, 0.05) is 31.6 Å². The van der Waals surface area contributed by atoms with Crippen molar-refractivity contribution in [2.24, 2.45) is 5.92 Å². The van der Waals surface area contributed by atoms with Crippen LogP contribution < -0.4 is 9.47 Å². The smallest absolute Gasteiger partial charge is 0.308 e. The van der Waals surface area contributed by atoms with Gasteiger partial charge in [-0.2, -0.15) is 0 Å². The highest BCUT2D eigenvalue weighted by Gasteiger charge is 2.39. The van der Waals surface area contributed by atoms with Crippen LogP contribution in [0.3, 0.4) is 0 Å². The fraction of sp³-hybridized carbons (Fsp3) is 0.350. The lowest BCUT2D eigenvalue weighted by Crippen LogP contribution is -2.23. The van der Waals surface area contributed by atoms with Gasteiger partial charge in [-0.15, -0.1) is 0 Å². The Morgan fingerprint density at radius 2 is 1.88 bits per heavy atom. The zero-order valence-electron chi connectivity index (χ0n) is 14.5. The Bertz CT molecular complexity index is 732. The maximum atomic E-state index is 11.8. The minimum absolute atomic E-state index is 0.109. The lowest BCUT2D eigenvalue weighted by atomic mass is 9.88. The van der Waals surface area contributed by atoms with Gasteiger partial charge in [-0.25, -0.2) is 0 Å². The van der Waals surface area contributed by atoms with Crippen molar-refractivity contribution in [3.63, 3.8) is 0 Å². The Hall–Kier alpha value is -2.53. The number of carboxylic acid groups (broad SMARTS) is 1. The minimum Gasteiger partial charge on any atom is -0.497 e. The molecule has 1 heterocycles. The lowest BCUT2D eigenvalue weighted by molar-refractivity contribution is -0.141. The quantitative estimate of drug-likeness (QED) is 0.875. The third-order valence-corrected chi connectivity index (χ3v) is 4.80. The van der Waals surface area contributed by atoms with E-state index in [-0.39, 0.29) is 5.92 Å². The van der Waals surface area contributed by atoms with Gasteiger partial charge < -0.3 is 14.6 Å². The summed E-state index contributed by atoms with van der Waals surface area (Å²) in [7, 11) is 3.20. The van der Waals surface area contributed by atoms with Gasteiger partial charge in [0.2, 0.25) is 0 Å². The predicted octanol–water partition coefficient (Wildman–Crippen LogP) is 3.00. The van der Waals surface area contributed by atoms with Crippen LogP contribution in [0.2, 0.25) is 0 Å². The summed E-state index contributed by atoms with van der Waals surface area (Å²) in [5.74, 6) is 0.0512. The summed E-state index contributed by atoms with van der Waals surface area (Å²) < 4.78 is 10.7. The molecule has 1 aliphatic rings. The Kier molecular flexibility index (Phi) is 5.24. The number of benzene rings is 2. The van der Waals surface area contributed by atoms with Crippen molar-refractivity contribution >= 4 is 5.97 Å². The van der Waals surface area contributed by atoms with Gasteiger partial charge >= 0.3 is 5.97 Å². The Labute approximate surface area is 147 Å². The lowest BCUT2D eigenvalue weighted by Gasteiger charge is -2.19. The first-order chi connectivity index (χ1) is 12.1. The molecular formula is C20H23NO4. The number of hydrogen-bond donors (Lipinski definition) is 1. The summed E-state index contributed by atoms with van der Waals surface area (Å²) in [6.07, 6.45) is 0.